The van der Waals surface area contributed by atoms with E-state index >= 15 is 0 Å². The summed E-state index contributed by atoms with van der Waals surface area (Å²) in [5.74, 6) is 0.227. The minimum absolute atomic E-state index is 0.0197. The van der Waals surface area contributed by atoms with Crippen LogP contribution in [0.25, 0.3) is 11.0 Å². The first kappa shape index (κ1) is 19.9. The summed E-state index contributed by atoms with van der Waals surface area (Å²) in [5.41, 5.74) is 1.93. The topological polar surface area (TPSA) is 81.1 Å². The van der Waals surface area contributed by atoms with Gasteiger partial charge in [-0.1, -0.05) is 30.9 Å². The molecule has 1 heterocycles. The molecule has 0 bridgehead atoms. The average molecular weight is 432 g/mol. The van der Waals surface area contributed by atoms with Crippen LogP contribution in [0.1, 0.15) is 54.3 Å². The van der Waals surface area contributed by atoms with Crippen molar-refractivity contribution in [3.8, 4) is 0 Å². The Kier molecular flexibility index (Phi) is 5.36. The Morgan fingerprint density at radius 3 is 2.48 bits per heavy atom. The van der Waals surface area contributed by atoms with Gasteiger partial charge in [-0.2, -0.15) is 0 Å². The lowest BCUT2D eigenvalue weighted by atomic mass is 9.95. The third-order valence-corrected chi connectivity index (χ3v) is 7.02. The summed E-state index contributed by atoms with van der Waals surface area (Å²) < 4.78 is 29.3. The minimum atomic E-state index is -3.98. The molecule has 0 spiro atoms. The van der Waals surface area contributed by atoms with Crippen molar-refractivity contribution >= 4 is 38.6 Å². The first-order valence-corrected chi connectivity index (χ1v) is 11.5. The second kappa shape index (κ2) is 7.80. The number of aryl methyl sites for hydroxylation is 1. The standard InChI is InChI=1S/C21H22ClN3O3S/c1-14-23-19-13-15(7-12-20(19)25(14)17-5-3-2-4-6-17)21(26)24-29(27,28)18-10-8-16(22)9-11-18/h7-13,17H,2-6H2,1H3,(H,24,26). The Balaban J connectivity index is 1.61. The molecule has 0 radical (unpaired) electrons. The molecule has 1 aliphatic rings. The van der Waals surface area contributed by atoms with Crippen LogP contribution in [-0.2, 0) is 10.0 Å². The molecule has 152 valence electrons. The molecule has 29 heavy (non-hydrogen) atoms. The van der Waals surface area contributed by atoms with Crippen molar-refractivity contribution in [3.05, 3.63) is 58.9 Å². The number of nitrogens with one attached hydrogen (secondary N) is 1. The molecule has 0 aliphatic heterocycles. The van der Waals surface area contributed by atoms with Gasteiger partial charge in [-0.05, 0) is 62.2 Å². The predicted octanol–water partition coefficient (Wildman–Crippen LogP) is 4.62. The molecule has 1 saturated carbocycles. The summed E-state index contributed by atoms with van der Waals surface area (Å²) in [5, 5.41) is 0.421. The summed E-state index contributed by atoms with van der Waals surface area (Å²) in [6.45, 7) is 1.97. The molecular weight excluding hydrogens is 410 g/mol. The monoisotopic (exact) mass is 431 g/mol. The highest BCUT2D eigenvalue weighted by molar-refractivity contribution is 7.90. The molecule has 0 saturated heterocycles. The van der Waals surface area contributed by atoms with Crippen LogP contribution >= 0.6 is 11.6 Å². The lowest BCUT2D eigenvalue weighted by molar-refractivity contribution is 0.0981. The maximum Gasteiger partial charge on any atom is 0.265 e. The van der Waals surface area contributed by atoms with Gasteiger partial charge >= 0.3 is 0 Å². The number of rotatable bonds is 4. The Morgan fingerprint density at radius 1 is 1.10 bits per heavy atom. The molecule has 3 aromatic rings. The van der Waals surface area contributed by atoms with Crippen LogP contribution in [0.2, 0.25) is 5.02 Å². The highest BCUT2D eigenvalue weighted by Crippen LogP contribution is 2.32. The zero-order chi connectivity index (χ0) is 20.6. The molecule has 8 heteroatoms. The zero-order valence-corrected chi connectivity index (χ0v) is 17.6. The first-order valence-electron chi connectivity index (χ1n) is 9.66. The number of hydrogen-bond acceptors (Lipinski definition) is 4. The van der Waals surface area contributed by atoms with E-state index in [1.165, 1.54) is 43.5 Å². The van der Waals surface area contributed by atoms with Gasteiger partial charge in [0.2, 0.25) is 0 Å². The fourth-order valence-electron chi connectivity index (χ4n) is 4.01. The predicted molar refractivity (Wildman–Crippen MR) is 113 cm³/mol. The highest BCUT2D eigenvalue weighted by Gasteiger charge is 2.22. The molecular formula is C21H22ClN3O3S. The van der Waals surface area contributed by atoms with Gasteiger partial charge < -0.3 is 4.57 Å². The van der Waals surface area contributed by atoms with Gasteiger partial charge in [0.15, 0.2) is 0 Å². The Bertz CT molecular complexity index is 1160. The van der Waals surface area contributed by atoms with Gasteiger partial charge in [-0.25, -0.2) is 18.1 Å². The summed E-state index contributed by atoms with van der Waals surface area (Å²) >= 11 is 5.80. The third kappa shape index (κ3) is 4.02. The van der Waals surface area contributed by atoms with Gasteiger partial charge in [-0.3, -0.25) is 4.79 Å². The van der Waals surface area contributed by atoms with Crippen molar-refractivity contribution in [2.45, 2.75) is 50.0 Å². The van der Waals surface area contributed by atoms with E-state index in [0.29, 0.717) is 16.6 Å². The largest absolute Gasteiger partial charge is 0.325 e. The van der Waals surface area contributed by atoms with Crippen LogP contribution in [0.4, 0.5) is 0 Å². The van der Waals surface area contributed by atoms with E-state index in [1.54, 1.807) is 12.1 Å². The van der Waals surface area contributed by atoms with Gasteiger partial charge in [0.25, 0.3) is 15.9 Å². The lowest BCUT2D eigenvalue weighted by Crippen LogP contribution is -2.30. The van der Waals surface area contributed by atoms with E-state index in [0.717, 1.165) is 24.2 Å². The molecule has 1 N–H and O–H groups in total. The number of hydrogen-bond donors (Lipinski definition) is 1. The molecule has 6 nitrogen and oxygen atoms in total. The molecule has 2 aromatic carbocycles. The SMILES string of the molecule is Cc1nc2cc(C(=O)NS(=O)(=O)c3ccc(Cl)cc3)ccc2n1C1CCCCC1. The first-order chi connectivity index (χ1) is 13.8. The Morgan fingerprint density at radius 2 is 1.79 bits per heavy atom. The number of amides is 1. The van der Waals surface area contributed by atoms with Gasteiger partial charge in [0, 0.05) is 16.6 Å². The fourth-order valence-corrected chi connectivity index (χ4v) is 5.11. The van der Waals surface area contributed by atoms with Crippen LogP contribution in [0, 0.1) is 6.92 Å². The lowest BCUT2D eigenvalue weighted by Gasteiger charge is -2.25. The third-order valence-electron chi connectivity index (χ3n) is 5.42. The average Bonchev–Trinajstić information content (AvgIpc) is 3.03. The fraction of sp³-hybridized carbons (Fsp3) is 0.333. The molecule has 1 aliphatic carbocycles. The second-order valence-corrected chi connectivity index (χ2v) is 9.53. The molecule has 1 aromatic heterocycles. The maximum absolute atomic E-state index is 12.6. The van der Waals surface area contributed by atoms with Crippen molar-refractivity contribution < 1.29 is 13.2 Å². The molecule has 1 amide bonds. The number of carbonyl (C=O) groups is 1. The number of nitrogens with zero attached hydrogens (tertiary/aromatic N) is 2. The molecule has 4 rings (SSSR count). The van der Waals surface area contributed by atoms with Gasteiger partial charge in [-0.15, -0.1) is 0 Å². The molecule has 1 fully saturated rings. The van der Waals surface area contributed by atoms with Crippen LogP contribution < -0.4 is 4.72 Å². The normalized spacial score (nSPS) is 15.5. The minimum Gasteiger partial charge on any atom is -0.325 e. The number of benzene rings is 2. The number of aromatic nitrogens is 2. The number of carbonyl (C=O) groups excluding carboxylic acids is 1. The summed E-state index contributed by atoms with van der Waals surface area (Å²) in [4.78, 5) is 17.2. The smallest absolute Gasteiger partial charge is 0.265 e. The summed E-state index contributed by atoms with van der Waals surface area (Å²) in [7, 11) is -3.98. The molecule has 0 unspecified atom stereocenters. The van der Waals surface area contributed by atoms with Crippen molar-refractivity contribution in [3.63, 3.8) is 0 Å². The van der Waals surface area contributed by atoms with E-state index < -0.39 is 15.9 Å². The number of sulfonamides is 1. The number of halogens is 1. The quantitative estimate of drug-likeness (QED) is 0.653. The van der Waals surface area contributed by atoms with Crippen LogP contribution in [0.15, 0.2) is 47.4 Å². The van der Waals surface area contributed by atoms with Crippen molar-refractivity contribution in [2.75, 3.05) is 0 Å². The Labute approximate surface area is 174 Å². The van der Waals surface area contributed by atoms with Crippen LogP contribution in [0.5, 0.6) is 0 Å². The number of fused-ring (bicyclic) bond motifs is 1. The van der Waals surface area contributed by atoms with Crippen LogP contribution in [-0.4, -0.2) is 23.9 Å². The van der Waals surface area contributed by atoms with Crippen LogP contribution in [0.3, 0.4) is 0 Å². The van der Waals surface area contributed by atoms with E-state index in [1.807, 2.05) is 13.0 Å². The second-order valence-electron chi connectivity index (χ2n) is 7.41. The van der Waals surface area contributed by atoms with E-state index in [4.69, 9.17) is 11.6 Å². The zero-order valence-electron chi connectivity index (χ0n) is 16.1. The Hall–Kier alpha value is -2.38. The van der Waals surface area contributed by atoms with E-state index in [9.17, 15) is 13.2 Å². The van der Waals surface area contributed by atoms with E-state index in [-0.39, 0.29) is 10.5 Å². The van der Waals surface area contributed by atoms with E-state index in [2.05, 4.69) is 14.3 Å². The van der Waals surface area contributed by atoms with Gasteiger partial charge in [0.1, 0.15) is 5.82 Å². The van der Waals surface area contributed by atoms with Gasteiger partial charge in [0.05, 0.1) is 15.9 Å². The maximum atomic E-state index is 12.6. The van der Waals surface area contributed by atoms with Crippen molar-refractivity contribution in [1.29, 1.82) is 0 Å². The molecule has 0 atom stereocenters. The highest BCUT2D eigenvalue weighted by atomic mass is 35.5. The summed E-state index contributed by atoms with van der Waals surface area (Å²) in [6, 6.07) is 11.2. The summed E-state index contributed by atoms with van der Waals surface area (Å²) in [6.07, 6.45) is 5.97. The number of imidazole rings is 1. The van der Waals surface area contributed by atoms with Crippen molar-refractivity contribution in [2.24, 2.45) is 0 Å². The van der Waals surface area contributed by atoms with Crippen molar-refractivity contribution in [1.82, 2.24) is 14.3 Å².